The Morgan fingerprint density at radius 1 is 1.29 bits per heavy atom. The third kappa shape index (κ3) is 5.12. The maximum atomic E-state index is 14.0. The van der Waals surface area contributed by atoms with Crippen LogP contribution in [0.1, 0.15) is 53.8 Å². The standard InChI is InChI=1S/C21H24FN3O5S/c1-13(15-6-7-17(22)19(9-15)30-11-14-4-5-14)12-31(28,29)8-2-3-16-10-18-20(26)23-21(27)25(18)24-16/h6-7,9-10,13-14H,2-5,8,11-12H2,1H3,(H,23,26,27)/t13-/m0/s1. The van der Waals surface area contributed by atoms with Crippen molar-refractivity contribution in [2.75, 3.05) is 18.1 Å². The molecule has 1 saturated carbocycles. The third-order valence-electron chi connectivity index (χ3n) is 5.49. The second-order valence-electron chi connectivity index (χ2n) is 8.26. The molecule has 1 aromatic heterocycles. The van der Waals surface area contributed by atoms with Crippen molar-refractivity contribution in [3.8, 4) is 5.75 Å². The van der Waals surface area contributed by atoms with Crippen molar-refractivity contribution < 1.29 is 27.1 Å². The van der Waals surface area contributed by atoms with Gasteiger partial charge in [-0.05, 0) is 61.3 Å². The molecule has 1 aliphatic heterocycles. The Bertz CT molecular complexity index is 1090. The topological polar surface area (TPSA) is 107 Å². The molecule has 1 aliphatic carbocycles. The summed E-state index contributed by atoms with van der Waals surface area (Å²) in [6, 6.07) is 5.39. The number of hydrogen-bond acceptors (Lipinski definition) is 6. The van der Waals surface area contributed by atoms with E-state index in [0.717, 1.165) is 17.5 Å². The SMILES string of the molecule is C[C@@H](CS(=O)(=O)CCCc1cc2n(n1)C(=O)NC2=O)c1ccc(F)c(OCC2CC2)c1. The molecule has 0 spiro atoms. The predicted molar refractivity (Wildman–Crippen MR) is 110 cm³/mol. The molecule has 2 heterocycles. The average molecular weight is 450 g/mol. The molecule has 166 valence electrons. The molecule has 1 aromatic carbocycles. The lowest BCUT2D eigenvalue weighted by molar-refractivity contribution is 0.0976. The van der Waals surface area contributed by atoms with Crippen molar-refractivity contribution in [3.63, 3.8) is 0 Å². The summed E-state index contributed by atoms with van der Waals surface area (Å²) >= 11 is 0. The first kappa shape index (κ1) is 21.5. The Hall–Kier alpha value is -2.75. The van der Waals surface area contributed by atoms with Gasteiger partial charge in [-0.2, -0.15) is 9.78 Å². The number of halogens is 1. The molecule has 2 aliphatic rings. The maximum Gasteiger partial charge on any atom is 0.349 e. The highest BCUT2D eigenvalue weighted by Gasteiger charge is 2.28. The summed E-state index contributed by atoms with van der Waals surface area (Å²) in [5.41, 5.74) is 1.37. The van der Waals surface area contributed by atoms with Crippen LogP contribution in [-0.2, 0) is 16.3 Å². The number of carbonyl (C=O) groups is 2. The van der Waals surface area contributed by atoms with Crippen molar-refractivity contribution in [2.45, 2.75) is 38.5 Å². The van der Waals surface area contributed by atoms with Crippen LogP contribution in [0.25, 0.3) is 0 Å². The van der Waals surface area contributed by atoms with E-state index in [2.05, 4.69) is 10.4 Å². The molecule has 2 amide bonds. The van der Waals surface area contributed by atoms with E-state index in [1.165, 1.54) is 12.1 Å². The number of hydrogen-bond donors (Lipinski definition) is 1. The number of rotatable bonds is 10. The summed E-state index contributed by atoms with van der Waals surface area (Å²) in [5.74, 6) is -0.729. The molecule has 0 bridgehead atoms. The first-order valence-electron chi connectivity index (χ1n) is 10.3. The Balaban J connectivity index is 1.31. The number of aromatic nitrogens is 2. The van der Waals surface area contributed by atoms with Crippen molar-refractivity contribution in [1.29, 1.82) is 0 Å². The molecule has 10 heteroatoms. The lowest BCUT2D eigenvalue weighted by Crippen LogP contribution is -2.23. The van der Waals surface area contributed by atoms with Gasteiger partial charge in [0.2, 0.25) is 0 Å². The van der Waals surface area contributed by atoms with Crippen LogP contribution in [-0.4, -0.2) is 48.2 Å². The Morgan fingerprint density at radius 2 is 2.06 bits per heavy atom. The average Bonchev–Trinajstić information content (AvgIpc) is 3.37. The number of nitrogens with one attached hydrogen (secondary N) is 1. The van der Waals surface area contributed by atoms with Gasteiger partial charge in [-0.25, -0.2) is 17.6 Å². The number of sulfone groups is 1. The summed E-state index contributed by atoms with van der Waals surface area (Å²) < 4.78 is 45.7. The molecule has 8 nitrogen and oxygen atoms in total. The molecule has 4 rings (SSSR count). The summed E-state index contributed by atoms with van der Waals surface area (Å²) in [4.78, 5) is 23.1. The van der Waals surface area contributed by atoms with Crippen LogP contribution in [0.15, 0.2) is 24.3 Å². The van der Waals surface area contributed by atoms with Crippen LogP contribution in [0, 0.1) is 11.7 Å². The quantitative estimate of drug-likeness (QED) is 0.598. The third-order valence-corrected chi connectivity index (χ3v) is 7.41. The minimum atomic E-state index is -3.37. The number of nitrogens with zero attached hydrogens (tertiary/aromatic N) is 2. The van der Waals surface area contributed by atoms with E-state index in [1.54, 1.807) is 19.1 Å². The molecule has 1 atom stereocenters. The molecule has 2 aromatic rings. The van der Waals surface area contributed by atoms with Gasteiger partial charge in [0.15, 0.2) is 21.4 Å². The van der Waals surface area contributed by atoms with Gasteiger partial charge in [-0.3, -0.25) is 10.1 Å². The maximum absolute atomic E-state index is 14.0. The van der Waals surface area contributed by atoms with E-state index in [1.807, 2.05) is 0 Å². The minimum absolute atomic E-state index is 0.0497. The van der Waals surface area contributed by atoms with E-state index >= 15 is 0 Å². The number of imide groups is 1. The van der Waals surface area contributed by atoms with Crippen LogP contribution in [0.2, 0.25) is 0 Å². The number of aryl methyl sites for hydroxylation is 1. The number of amides is 2. The monoisotopic (exact) mass is 449 g/mol. The zero-order valence-electron chi connectivity index (χ0n) is 17.1. The number of ether oxygens (including phenoxy) is 1. The molecule has 0 saturated heterocycles. The van der Waals surface area contributed by atoms with Crippen LogP contribution in [0.5, 0.6) is 5.75 Å². The first-order valence-corrected chi connectivity index (χ1v) is 12.1. The molecule has 0 radical (unpaired) electrons. The number of fused-ring (bicyclic) bond motifs is 1. The second-order valence-corrected chi connectivity index (χ2v) is 10.5. The molecule has 31 heavy (non-hydrogen) atoms. The molecular formula is C21H24FN3O5S. The number of benzene rings is 1. The van der Waals surface area contributed by atoms with Crippen LogP contribution < -0.4 is 10.1 Å². The van der Waals surface area contributed by atoms with Crippen LogP contribution in [0.4, 0.5) is 9.18 Å². The second kappa shape index (κ2) is 8.41. The van der Waals surface area contributed by atoms with Gasteiger partial charge in [0, 0.05) is 0 Å². The van der Waals surface area contributed by atoms with Crippen LogP contribution >= 0.6 is 0 Å². The Kier molecular flexibility index (Phi) is 5.83. The van der Waals surface area contributed by atoms with E-state index in [0.29, 0.717) is 36.6 Å². The van der Waals surface area contributed by atoms with Gasteiger partial charge in [0.05, 0.1) is 23.8 Å². The van der Waals surface area contributed by atoms with Crippen LogP contribution in [0.3, 0.4) is 0 Å². The highest BCUT2D eigenvalue weighted by molar-refractivity contribution is 7.91. The molecular weight excluding hydrogens is 425 g/mol. The largest absolute Gasteiger partial charge is 0.490 e. The fourth-order valence-corrected chi connectivity index (χ4v) is 5.25. The van der Waals surface area contributed by atoms with Gasteiger partial charge in [0.25, 0.3) is 5.91 Å². The first-order chi connectivity index (χ1) is 14.7. The van der Waals surface area contributed by atoms with E-state index < -0.39 is 27.6 Å². The van der Waals surface area contributed by atoms with E-state index in [-0.39, 0.29) is 28.9 Å². The van der Waals surface area contributed by atoms with Gasteiger partial charge < -0.3 is 4.74 Å². The minimum Gasteiger partial charge on any atom is -0.490 e. The van der Waals surface area contributed by atoms with E-state index in [4.69, 9.17) is 4.74 Å². The van der Waals surface area contributed by atoms with Gasteiger partial charge in [-0.15, -0.1) is 0 Å². The van der Waals surface area contributed by atoms with Crippen molar-refractivity contribution in [1.82, 2.24) is 15.1 Å². The fourth-order valence-electron chi connectivity index (χ4n) is 3.55. The van der Waals surface area contributed by atoms with Gasteiger partial charge in [-0.1, -0.05) is 13.0 Å². The van der Waals surface area contributed by atoms with Crippen molar-refractivity contribution in [3.05, 3.63) is 47.0 Å². The van der Waals surface area contributed by atoms with E-state index in [9.17, 15) is 22.4 Å². The number of carbonyl (C=O) groups excluding carboxylic acids is 2. The zero-order valence-corrected chi connectivity index (χ0v) is 18.0. The highest BCUT2D eigenvalue weighted by Crippen LogP contribution is 2.31. The smallest absolute Gasteiger partial charge is 0.349 e. The summed E-state index contributed by atoms with van der Waals surface area (Å²) in [5, 5.41) is 6.17. The Labute approximate surface area is 179 Å². The zero-order chi connectivity index (χ0) is 22.2. The van der Waals surface area contributed by atoms with Gasteiger partial charge >= 0.3 is 6.03 Å². The molecule has 1 N–H and O–H groups in total. The lowest BCUT2D eigenvalue weighted by Gasteiger charge is -2.15. The summed E-state index contributed by atoms with van der Waals surface area (Å²) in [7, 11) is -3.37. The summed E-state index contributed by atoms with van der Waals surface area (Å²) in [6.45, 7) is 2.28. The van der Waals surface area contributed by atoms with Gasteiger partial charge in [0.1, 0.15) is 5.69 Å². The summed E-state index contributed by atoms with van der Waals surface area (Å²) in [6.07, 6.45) is 2.85. The highest BCUT2D eigenvalue weighted by atomic mass is 32.2. The molecule has 1 fully saturated rings. The lowest BCUT2D eigenvalue weighted by atomic mass is 10.0. The van der Waals surface area contributed by atoms with Crippen molar-refractivity contribution in [2.24, 2.45) is 5.92 Å². The predicted octanol–water partition coefficient (Wildman–Crippen LogP) is 2.67. The van der Waals surface area contributed by atoms with Crippen molar-refractivity contribution >= 4 is 21.8 Å². The molecule has 0 unspecified atom stereocenters. The normalized spacial score (nSPS) is 16.8. The Morgan fingerprint density at radius 3 is 2.77 bits per heavy atom. The fraction of sp³-hybridized carbons (Fsp3) is 0.476.